The van der Waals surface area contributed by atoms with Crippen LogP contribution in [0.15, 0.2) is 36.4 Å². The van der Waals surface area contributed by atoms with Gasteiger partial charge in [-0.1, -0.05) is 12.1 Å². The van der Waals surface area contributed by atoms with Crippen LogP contribution in [0.4, 0.5) is 0 Å². The zero-order valence-electron chi connectivity index (χ0n) is 13.6. The predicted octanol–water partition coefficient (Wildman–Crippen LogP) is 2.35. The standard InChI is InChI=1S/C18H16O7/c1-9(19)24-18-16(22)15-13(21)7-11(20)8-14(15)25-17(18)10-3-5-12(23-2)6-4-10/h3-8,17-18,20-21H,1-2H3/t17-,18-/m0/s1. The van der Waals surface area contributed by atoms with Crippen LogP contribution >= 0.6 is 0 Å². The van der Waals surface area contributed by atoms with Crippen LogP contribution in [0, 0.1) is 0 Å². The van der Waals surface area contributed by atoms with Crippen molar-refractivity contribution in [3.05, 3.63) is 47.5 Å². The average Bonchev–Trinajstić information content (AvgIpc) is 2.56. The topological polar surface area (TPSA) is 102 Å². The number of carbonyl (C=O) groups excluding carboxylic acids is 2. The summed E-state index contributed by atoms with van der Waals surface area (Å²) in [7, 11) is 1.53. The summed E-state index contributed by atoms with van der Waals surface area (Å²) < 4.78 is 16.0. The maximum Gasteiger partial charge on any atom is 0.303 e. The second kappa shape index (κ2) is 6.35. The Hall–Kier alpha value is -3.22. The lowest BCUT2D eigenvalue weighted by atomic mass is 9.92. The van der Waals surface area contributed by atoms with Gasteiger partial charge in [0.15, 0.2) is 6.10 Å². The smallest absolute Gasteiger partial charge is 0.303 e. The number of aromatic hydroxyl groups is 2. The van der Waals surface area contributed by atoms with Gasteiger partial charge in [-0.05, 0) is 17.7 Å². The van der Waals surface area contributed by atoms with E-state index in [1.54, 1.807) is 24.3 Å². The molecule has 7 nitrogen and oxygen atoms in total. The molecule has 3 rings (SSSR count). The molecule has 0 aliphatic carbocycles. The summed E-state index contributed by atoms with van der Waals surface area (Å²) in [5, 5.41) is 19.6. The summed E-state index contributed by atoms with van der Waals surface area (Å²) in [5.41, 5.74) is 0.447. The van der Waals surface area contributed by atoms with Crippen molar-refractivity contribution in [1.82, 2.24) is 0 Å². The molecule has 0 aromatic heterocycles. The third kappa shape index (κ3) is 3.08. The van der Waals surface area contributed by atoms with Crippen molar-refractivity contribution in [3.63, 3.8) is 0 Å². The second-order valence-corrected chi connectivity index (χ2v) is 5.54. The summed E-state index contributed by atoms with van der Waals surface area (Å²) in [6.45, 7) is 1.19. The van der Waals surface area contributed by atoms with E-state index in [0.717, 1.165) is 6.07 Å². The van der Waals surface area contributed by atoms with Crippen LogP contribution in [0.5, 0.6) is 23.0 Å². The molecule has 7 heteroatoms. The number of ketones is 1. The maximum atomic E-state index is 12.8. The van der Waals surface area contributed by atoms with Crippen molar-refractivity contribution < 1.29 is 34.0 Å². The first-order valence-corrected chi connectivity index (χ1v) is 7.48. The number of fused-ring (bicyclic) bond motifs is 1. The third-order valence-corrected chi connectivity index (χ3v) is 3.84. The SMILES string of the molecule is COc1ccc([C@@H]2Oc3cc(O)cc(O)c3C(=O)[C@@H]2OC(C)=O)cc1. The highest BCUT2D eigenvalue weighted by molar-refractivity contribution is 6.06. The molecule has 25 heavy (non-hydrogen) atoms. The van der Waals surface area contributed by atoms with E-state index in [4.69, 9.17) is 14.2 Å². The molecule has 2 atom stereocenters. The van der Waals surface area contributed by atoms with Crippen LogP contribution in [0.25, 0.3) is 0 Å². The van der Waals surface area contributed by atoms with Gasteiger partial charge in [0.05, 0.1) is 7.11 Å². The number of hydrogen-bond acceptors (Lipinski definition) is 7. The number of Topliss-reactive ketones (excluding diaryl/α,β-unsaturated/α-hetero) is 1. The van der Waals surface area contributed by atoms with E-state index in [-0.39, 0.29) is 17.1 Å². The van der Waals surface area contributed by atoms with E-state index in [9.17, 15) is 19.8 Å². The summed E-state index contributed by atoms with van der Waals surface area (Å²) in [6, 6.07) is 8.99. The van der Waals surface area contributed by atoms with Crippen LogP contribution in [0.1, 0.15) is 28.9 Å². The summed E-state index contributed by atoms with van der Waals surface area (Å²) in [4.78, 5) is 24.2. The quantitative estimate of drug-likeness (QED) is 0.824. The molecular formula is C18H16O7. The fraction of sp³-hybridized carbons (Fsp3) is 0.222. The highest BCUT2D eigenvalue weighted by Gasteiger charge is 2.42. The normalized spacial score (nSPS) is 18.9. The number of phenolic OH excluding ortho intramolecular Hbond substituents is 2. The molecule has 0 fully saturated rings. The largest absolute Gasteiger partial charge is 0.508 e. The molecule has 1 heterocycles. The van der Waals surface area contributed by atoms with Crippen molar-refractivity contribution in [3.8, 4) is 23.0 Å². The molecule has 1 aliphatic rings. The molecule has 2 aromatic carbocycles. The molecule has 2 N–H and O–H groups in total. The third-order valence-electron chi connectivity index (χ3n) is 3.84. The van der Waals surface area contributed by atoms with Crippen molar-refractivity contribution in [2.75, 3.05) is 7.11 Å². The van der Waals surface area contributed by atoms with Crippen molar-refractivity contribution in [2.24, 2.45) is 0 Å². The summed E-state index contributed by atoms with van der Waals surface area (Å²) >= 11 is 0. The number of phenols is 2. The average molecular weight is 344 g/mol. The Morgan fingerprint density at radius 1 is 1.16 bits per heavy atom. The van der Waals surface area contributed by atoms with Gasteiger partial charge in [-0.3, -0.25) is 9.59 Å². The highest BCUT2D eigenvalue weighted by Crippen LogP contribution is 2.42. The van der Waals surface area contributed by atoms with Crippen molar-refractivity contribution in [1.29, 1.82) is 0 Å². The van der Waals surface area contributed by atoms with Gasteiger partial charge in [-0.2, -0.15) is 0 Å². The zero-order chi connectivity index (χ0) is 18.1. The molecule has 1 aliphatic heterocycles. The fourth-order valence-electron chi connectivity index (χ4n) is 2.74. The number of carbonyl (C=O) groups is 2. The minimum Gasteiger partial charge on any atom is -0.508 e. The van der Waals surface area contributed by atoms with Gasteiger partial charge < -0.3 is 24.4 Å². The first-order valence-electron chi connectivity index (χ1n) is 7.48. The van der Waals surface area contributed by atoms with E-state index >= 15 is 0 Å². The lowest BCUT2D eigenvalue weighted by Crippen LogP contribution is -2.39. The number of hydrogen-bond donors (Lipinski definition) is 2. The van der Waals surface area contributed by atoms with E-state index in [2.05, 4.69) is 0 Å². The van der Waals surface area contributed by atoms with E-state index in [0.29, 0.717) is 11.3 Å². The van der Waals surface area contributed by atoms with Crippen molar-refractivity contribution >= 4 is 11.8 Å². The van der Waals surface area contributed by atoms with Crippen LogP contribution in [0.2, 0.25) is 0 Å². The van der Waals surface area contributed by atoms with E-state index in [1.165, 1.54) is 20.1 Å². The minimum atomic E-state index is -1.26. The molecule has 0 radical (unpaired) electrons. The van der Waals surface area contributed by atoms with Gasteiger partial charge >= 0.3 is 5.97 Å². The Balaban J connectivity index is 2.08. The highest BCUT2D eigenvalue weighted by atomic mass is 16.6. The van der Waals surface area contributed by atoms with E-state index < -0.39 is 29.7 Å². The molecule has 0 saturated heterocycles. The molecule has 0 unspecified atom stereocenters. The Morgan fingerprint density at radius 3 is 2.44 bits per heavy atom. The first-order chi connectivity index (χ1) is 11.9. The van der Waals surface area contributed by atoms with Crippen LogP contribution in [0.3, 0.4) is 0 Å². The van der Waals surface area contributed by atoms with E-state index in [1.807, 2.05) is 0 Å². The van der Waals surface area contributed by atoms with Crippen LogP contribution in [-0.4, -0.2) is 35.2 Å². The predicted molar refractivity (Wildman–Crippen MR) is 86.0 cm³/mol. The lowest BCUT2D eigenvalue weighted by molar-refractivity contribution is -0.148. The van der Waals surface area contributed by atoms with Crippen molar-refractivity contribution in [2.45, 2.75) is 19.1 Å². The Labute approximate surface area is 143 Å². The number of methoxy groups -OCH3 is 1. The number of rotatable bonds is 3. The van der Waals surface area contributed by atoms with Gasteiger partial charge in [-0.15, -0.1) is 0 Å². The molecule has 0 saturated carbocycles. The monoisotopic (exact) mass is 344 g/mol. The van der Waals surface area contributed by atoms with Gasteiger partial charge in [0.2, 0.25) is 11.9 Å². The summed E-state index contributed by atoms with van der Waals surface area (Å²) in [5.74, 6) is -1.30. The number of esters is 1. The first kappa shape index (κ1) is 16.6. The Morgan fingerprint density at radius 2 is 1.84 bits per heavy atom. The fourth-order valence-corrected chi connectivity index (χ4v) is 2.74. The molecule has 2 aromatic rings. The lowest BCUT2D eigenvalue weighted by Gasteiger charge is -2.32. The summed E-state index contributed by atoms with van der Waals surface area (Å²) in [6.07, 6.45) is -2.18. The second-order valence-electron chi connectivity index (χ2n) is 5.54. The molecular weight excluding hydrogens is 328 g/mol. The number of benzene rings is 2. The van der Waals surface area contributed by atoms with Crippen LogP contribution in [-0.2, 0) is 9.53 Å². The maximum absolute atomic E-state index is 12.8. The van der Waals surface area contributed by atoms with Gasteiger partial charge in [0, 0.05) is 19.1 Å². The van der Waals surface area contributed by atoms with Gasteiger partial charge in [-0.25, -0.2) is 0 Å². The van der Waals surface area contributed by atoms with Gasteiger partial charge in [0.1, 0.15) is 28.6 Å². The molecule has 130 valence electrons. The number of ether oxygens (including phenoxy) is 3. The minimum absolute atomic E-state index is 0.0201. The van der Waals surface area contributed by atoms with Gasteiger partial charge in [0.25, 0.3) is 0 Å². The molecule has 0 amide bonds. The Bertz CT molecular complexity index is 826. The zero-order valence-corrected chi connectivity index (χ0v) is 13.6. The molecule has 0 spiro atoms. The van der Waals surface area contributed by atoms with Crippen LogP contribution < -0.4 is 9.47 Å². The Kier molecular flexibility index (Phi) is 4.22. The molecule has 0 bridgehead atoms.